The van der Waals surface area contributed by atoms with E-state index in [1.165, 1.54) is 0 Å². The van der Waals surface area contributed by atoms with E-state index in [0.717, 1.165) is 24.7 Å². The van der Waals surface area contributed by atoms with Gasteiger partial charge in [0.25, 0.3) is 0 Å². The van der Waals surface area contributed by atoms with Crippen LogP contribution in [0.1, 0.15) is 18.9 Å². The van der Waals surface area contributed by atoms with Gasteiger partial charge in [0.05, 0.1) is 18.7 Å². The Hall–Kier alpha value is -2.68. The summed E-state index contributed by atoms with van der Waals surface area (Å²) in [7, 11) is 0. The van der Waals surface area contributed by atoms with Crippen molar-refractivity contribution < 1.29 is 4.39 Å². The van der Waals surface area contributed by atoms with Gasteiger partial charge in [-0.15, -0.1) is 0 Å². The molecule has 0 fully saturated rings. The Bertz CT molecular complexity index is 634. The number of anilines is 3. The summed E-state index contributed by atoms with van der Waals surface area (Å²) in [6.07, 6.45) is 2.43. The SMILES string of the molecule is CCCNc1ncc(F)c(Nc2ccc(CC#N)cc2)n1. The fourth-order valence-corrected chi connectivity index (χ4v) is 1.71. The molecule has 108 valence electrons. The van der Waals surface area contributed by atoms with Crippen LogP contribution >= 0.6 is 0 Å². The van der Waals surface area contributed by atoms with Crippen molar-refractivity contribution in [3.05, 3.63) is 41.8 Å². The number of halogens is 1. The van der Waals surface area contributed by atoms with Gasteiger partial charge in [-0.05, 0) is 24.1 Å². The first-order valence-electron chi connectivity index (χ1n) is 6.72. The zero-order valence-corrected chi connectivity index (χ0v) is 11.7. The summed E-state index contributed by atoms with van der Waals surface area (Å²) in [5, 5.41) is 14.5. The van der Waals surface area contributed by atoms with Crippen LogP contribution in [-0.4, -0.2) is 16.5 Å². The molecule has 0 radical (unpaired) electrons. The van der Waals surface area contributed by atoms with Gasteiger partial charge in [0.1, 0.15) is 0 Å². The Morgan fingerprint density at radius 3 is 2.71 bits per heavy atom. The molecule has 0 aliphatic carbocycles. The molecule has 2 aromatic rings. The summed E-state index contributed by atoms with van der Waals surface area (Å²) in [5.74, 6) is -0.00311. The van der Waals surface area contributed by atoms with E-state index in [9.17, 15) is 4.39 Å². The second-order valence-electron chi connectivity index (χ2n) is 4.47. The first kappa shape index (κ1) is 14.7. The van der Waals surface area contributed by atoms with Crippen molar-refractivity contribution in [3.8, 4) is 6.07 Å². The molecule has 0 saturated carbocycles. The zero-order chi connectivity index (χ0) is 15.1. The molecule has 0 saturated heterocycles. The molecule has 0 atom stereocenters. The third-order valence-electron chi connectivity index (χ3n) is 2.78. The van der Waals surface area contributed by atoms with Crippen molar-refractivity contribution >= 4 is 17.5 Å². The third kappa shape index (κ3) is 4.14. The van der Waals surface area contributed by atoms with Gasteiger partial charge in [0, 0.05) is 12.2 Å². The second kappa shape index (κ2) is 7.20. The van der Waals surface area contributed by atoms with E-state index in [1.807, 2.05) is 19.1 Å². The maximum atomic E-state index is 13.7. The minimum Gasteiger partial charge on any atom is -0.354 e. The maximum Gasteiger partial charge on any atom is 0.224 e. The quantitative estimate of drug-likeness (QED) is 0.852. The first-order valence-corrected chi connectivity index (χ1v) is 6.72. The number of nitrogens with one attached hydrogen (secondary N) is 2. The van der Waals surface area contributed by atoms with E-state index in [2.05, 4.69) is 26.7 Å². The summed E-state index contributed by atoms with van der Waals surface area (Å²) in [6.45, 7) is 2.76. The number of benzene rings is 1. The highest BCUT2D eigenvalue weighted by Crippen LogP contribution is 2.19. The number of aromatic nitrogens is 2. The van der Waals surface area contributed by atoms with Crippen LogP contribution < -0.4 is 10.6 Å². The number of nitrogens with zero attached hydrogens (tertiary/aromatic N) is 3. The van der Waals surface area contributed by atoms with Crippen LogP contribution in [0.5, 0.6) is 0 Å². The molecule has 0 spiro atoms. The number of hydrogen-bond donors (Lipinski definition) is 2. The number of hydrogen-bond acceptors (Lipinski definition) is 5. The smallest absolute Gasteiger partial charge is 0.224 e. The van der Waals surface area contributed by atoms with Gasteiger partial charge in [0.2, 0.25) is 5.95 Å². The van der Waals surface area contributed by atoms with Crippen LogP contribution in [0.3, 0.4) is 0 Å². The Kier molecular flexibility index (Phi) is 5.04. The Morgan fingerprint density at radius 1 is 1.29 bits per heavy atom. The molecule has 0 aliphatic rings. The van der Waals surface area contributed by atoms with Gasteiger partial charge >= 0.3 is 0 Å². The highest BCUT2D eigenvalue weighted by atomic mass is 19.1. The molecule has 0 unspecified atom stereocenters. The van der Waals surface area contributed by atoms with Crippen LogP contribution in [0, 0.1) is 17.1 Å². The van der Waals surface area contributed by atoms with E-state index in [0.29, 0.717) is 18.1 Å². The van der Waals surface area contributed by atoms with Gasteiger partial charge in [-0.2, -0.15) is 10.2 Å². The molecule has 1 aromatic carbocycles. The van der Waals surface area contributed by atoms with Crippen molar-refractivity contribution in [2.24, 2.45) is 0 Å². The Labute approximate surface area is 122 Å². The minimum absolute atomic E-state index is 0.122. The van der Waals surface area contributed by atoms with Gasteiger partial charge in [-0.25, -0.2) is 9.37 Å². The highest BCUT2D eigenvalue weighted by Gasteiger charge is 2.07. The molecule has 21 heavy (non-hydrogen) atoms. The lowest BCUT2D eigenvalue weighted by atomic mass is 10.1. The monoisotopic (exact) mass is 285 g/mol. The molecular formula is C15H16FN5. The van der Waals surface area contributed by atoms with Crippen LogP contribution in [0.4, 0.5) is 21.8 Å². The molecule has 2 N–H and O–H groups in total. The third-order valence-corrected chi connectivity index (χ3v) is 2.78. The fraction of sp³-hybridized carbons (Fsp3) is 0.267. The summed E-state index contributed by atoms with van der Waals surface area (Å²) >= 11 is 0. The highest BCUT2D eigenvalue weighted by molar-refractivity contribution is 5.57. The average Bonchev–Trinajstić information content (AvgIpc) is 2.50. The summed E-state index contributed by atoms with van der Waals surface area (Å²) in [5.41, 5.74) is 1.62. The topological polar surface area (TPSA) is 73.6 Å². The normalized spacial score (nSPS) is 9.95. The van der Waals surface area contributed by atoms with Gasteiger partial charge < -0.3 is 10.6 Å². The average molecular weight is 285 g/mol. The predicted molar refractivity (Wildman–Crippen MR) is 79.8 cm³/mol. The van der Waals surface area contributed by atoms with Crippen molar-refractivity contribution in [2.45, 2.75) is 19.8 Å². The molecule has 1 aromatic heterocycles. The second-order valence-corrected chi connectivity index (χ2v) is 4.47. The summed E-state index contributed by atoms with van der Waals surface area (Å²) in [4.78, 5) is 7.99. The minimum atomic E-state index is -0.516. The largest absolute Gasteiger partial charge is 0.354 e. The Morgan fingerprint density at radius 2 is 2.05 bits per heavy atom. The molecular weight excluding hydrogens is 269 g/mol. The summed E-state index contributed by atoms with van der Waals surface area (Å²) in [6, 6.07) is 9.29. The lowest BCUT2D eigenvalue weighted by Crippen LogP contribution is -2.07. The van der Waals surface area contributed by atoms with E-state index in [-0.39, 0.29) is 5.82 Å². The van der Waals surface area contributed by atoms with Gasteiger partial charge in [0.15, 0.2) is 11.6 Å². The molecule has 1 heterocycles. The van der Waals surface area contributed by atoms with Crippen molar-refractivity contribution in [3.63, 3.8) is 0 Å². The van der Waals surface area contributed by atoms with Crippen LogP contribution in [0.15, 0.2) is 30.5 Å². The summed E-state index contributed by atoms with van der Waals surface area (Å²) < 4.78 is 13.7. The molecule has 6 heteroatoms. The van der Waals surface area contributed by atoms with Crippen LogP contribution in [-0.2, 0) is 6.42 Å². The Balaban J connectivity index is 2.12. The standard InChI is InChI=1S/C15H16FN5/c1-2-9-18-15-19-10-13(16)14(21-15)20-12-5-3-11(4-6-12)7-8-17/h3-6,10H,2,7,9H2,1H3,(H2,18,19,20,21). The number of rotatable bonds is 6. The zero-order valence-electron chi connectivity index (χ0n) is 11.7. The lowest BCUT2D eigenvalue weighted by Gasteiger charge is -2.09. The molecule has 5 nitrogen and oxygen atoms in total. The number of nitriles is 1. The molecule has 0 aliphatic heterocycles. The molecule has 2 rings (SSSR count). The van der Waals surface area contributed by atoms with E-state index in [4.69, 9.17) is 5.26 Å². The van der Waals surface area contributed by atoms with Crippen LogP contribution in [0.2, 0.25) is 0 Å². The van der Waals surface area contributed by atoms with E-state index >= 15 is 0 Å². The fourth-order valence-electron chi connectivity index (χ4n) is 1.71. The van der Waals surface area contributed by atoms with Crippen LogP contribution in [0.25, 0.3) is 0 Å². The van der Waals surface area contributed by atoms with E-state index < -0.39 is 5.82 Å². The molecule has 0 bridgehead atoms. The van der Waals surface area contributed by atoms with Crippen molar-refractivity contribution in [2.75, 3.05) is 17.2 Å². The van der Waals surface area contributed by atoms with Crippen molar-refractivity contribution in [1.29, 1.82) is 5.26 Å². The first-order chi connectivity index (χ1) is 10.2. The van der Waals surface area contributed by atoms with Gasteiger partial charge in [-0.3, -0.25) is 0 Å². The maximum absolute atomic E-state index is 13.7. The molecule has 0 amide bonds. The predicted octanol–water partition coefficient (Wildman–Crippen LogP) is 3.25. The van der Waals surface area contributed by atoms with Gasteiger partial charge in [-0.1, -0.05) is 19.1 Å². The van der Waals surface area contributed by atoms with E-state index in [1.54, 1.807) is 12.1 Å². The van der Waals surface area contributed by atoms with Crippen molar-refractivity contribution in [1.82, 2.24) is 9.97 Å². The lowest BCUT2D eigenvalue weighted by molar-refractivity contribution is 0.619.